The summed E-state index contributed by atoms with van der Waals surface area (Å²) >= 11 is 7.29. The van der Waals surface area contributed by atoms with Crippen molar-refractivity contribution < 1.29 is 9.18 Å². The molecule has 0 spiro atoms. The molecule has 112 valence electrons. The highest BCUT2D eigenvalue weighted by atomic mass is 35.5. The van der Waals surface area contributed by atoms with Gasteiger partial charge in [0, 0.05) is 15.5 Å². The Balaban J connectivity index is 2.28. The standard InChI is InChI=1S/C16H17ClFNOS/c1-10-8-13(11-4-6-12(17)7-5-11)14(21-10)15(20)19-9-16(2,3)18/h4-8H,9H2,1-3H3,(H,19,20). The van der Waals surface area contributed by atoms with Gasteiger partial charge in [-0.3, -0.25) is 4.79 Å². The predicted molar refractivity (Wildman–Crippen MR) is 87.0 cm³/mol. The molecule has 0 fully saturated rings. The fourth-order valence-corrected chi connectivity index (χ4v) is 2.97. The van der Waals surface area contributed by atoms with Crippen molar-refractivity contribution in [2.24, 2.45) is 0 Å². The van der Waals surface area contributed by atoms with Crippen LogP contribution in [0.15, 0.2) is 30.3 Å². The van der Waals surface area contributed by atoms with E-state index in [1.165, 1.54) is 25.2 Å². The van der Waals surface area contributed by atoms with E-state index >= 15 is 0 Å². The van der Waals surface area contributed by atoms with Gasteiger partial charge in [0.2, 0.25) is 0 Å². The zero-order valence-corrected chi connectivity index (χ0v) is 13.7. The van der Waals surface area contributed by atoms with Crippen molar-refractivity contribution in [2.75, 3.05) is 6.54 Å². The molecule has 0 saturated heterocycles. The van der Waals surface area contributed by atoms with Crippen LogP contribution < -0.4 is 5.32 Å². The molecule has 1 aromatic carbocycles. The Morgan fingerprint density at radius 1 is 1.33 bits per heavy atom. The quantitative estimate of drug-likeness (QED) is 0.855. The molecule has 2 aromatic rings. The molecule has 0 bridgehead atoms. The predicted octanol–water partition coefficient (Wildman–Crippen LogP) is 4.85. The molecule has 0 unspecified atom stereocenters. The van der Waals surface area contributed by atoms with Crippen LogP contribution >= 0.6 is 22.9 Å². The van der Waals surface area contributed by atoms with E-state index in [4.69, 9.17) is 11.6 Å². The smallest absolute Gasteiger partial charge is 0.262 e. The van der Waals surface area contributed by atoms with E-state index < -0.39 is 5.67 Å². The Hall–Kier alpha value is -1.39. The largest absolute Gasteiger partial charge is 0.348 e. The average molecular weight is 326 g/mol. The number of alkyl halides is 1. The number of hydrogen-bond acceptors (Lipinski definition) is 2. The molecular weight excluding hydrogens is 309 g/mol. The maximum absolute atomic E-state index is 13.5. The molecule has 0 aliphatic heterocycles. The summed E-state index contributed by atoms with van der Waals surface area (Å²) in [6, 6.07) is 9.29. The Kier molecular flexibility index (Phi) is 4.69. The van der Waals surface area contributed by atoms with Crippen LogP contribution in [-0.4, -0.2) is 18.1 Å². The first-order valence-electron chi connectivity index (χ1n) is 6.60. The van der Waals surface area contributed by atoms with Gasteiger partial charge in [0.25, 0.3) is 5.91 Å². The maximum Gasteiger partial charge on any atom is 0.262 e. The van der Waals surface area contributed by atoms with E-state index in [-0.39, 0.29) is 12.5 Å². The summed E-state index contributed by atoms with van der Waals surface area (Å²) in [4.78, 5) is 13.9. The van der Waals surface area contributed by atoms with Crippen LogP contribution in [0.2, 0.25) is 5.02 Å². The normalized spacial score (nSPS) is 11.5. The fourth-order valence-electron chi connectivity index (χ4n) is 1.90. The number of hydrogen-bond donors (Lipinski definition) is 1. The molecule has 0 aliphatic rings. The number of nitrogens with one attached hydrogen (secondary N) is 1. The molecule has 1 N–H and O–H groups in total. The Morgan fingerprint density at radius 3 is 2.52 bits per heavy atom. The highest BCUT2D eigenvalue weighted by Gasteiger charge is 2.20. The molecule has 0 aliphatic carbocycles. The second-order valence-electron chi connectivity index (χ2n) is 5.51. The van der Waals surface area contributed by atoms with Gasteiger partial charge >= 0.3 is 0 Å². The van der Waals surface area contributed by atoms with E-state index in [0.29, 0.717) is 9.90 Å². The van der Waals surface area contributed by atoms with Crippen molar-refractivity contribution in [2.45, 2.75) is 26.4 Å². The van der Waals surface area contributed by atoms with Gasteiger partial charge in [0.05, 0.1) is 11.4 Å². The van der Waals surface area contributed by atoms with Crippen LogP contribution in [0, 0.1) is 6.92 Å². The van der Waals surface area contributed by atoms with Crippen molar-refractivity contribution in [1.29, 1.82) is 0 Å². The number of halogens is 2. The van der Waals surface area contributed by atoms with Crippen LogP contribution in [0.3, 0.4) is 0 Å². The number of rotatable bonds is 4. The van der Waals surface area contributed by atoms with Gasteiger partial charge in [-0.05, 0) is 44.5 Å². The highest BCUT2D eigenvalue weighted by molar-refractivity contribution is 7.14. The zero-order chi connectivity index (χ0) is 15.6. The molecule has 0 atom stereocenters. The monoisotopic (exact) mass is 325 g/mol. The van der Waals surface area contributed by atoms with Crippen molar-refractivity contribution >= 4 is 28.8 Å². The SMILES string of the molecule is Cc1cc(-c2ccc(Cl)cc2)c(C(=O)NCC(C)(C)F)s1. The summed E-state index contributed by atoms with van der Waals surface area (Å²) < 4.78 is 13.5. The molecule has 0 radical (unpaired) electrons. The summed E-state index contributed by atoms with van der Waals surface area (Å²) in [5.74, 6) is -0.247. The van der Waals surface area contributed by atoms with E-state index in [1.807, 2.05) is 25.1 Å². The maximum atomic E-state index is 13.5. The summed E-state index contributed by atoms with van der Waals surface area (Å²) in [6.45, 7) is 4.81. The van der Waals surface area contributed by atoms with Crippen molar-refractivity contribution in [3.05, 3.63) is 45.1 Å². The lowest BCUT2D eigenvalue weighted by atomic mass is 10.1. The molecule has 21 heavy (non-hydrogen) atoms. The van der Waals surface area contributed by atoms with Crippen LogP contribution in [0.5, 0.6) is 0 Å². The third-order valence-corrected chi connectivity index (χ3v) is 4.19. The van der Waals surface area contributed by atoms with Gasteiger partial charge in [-0.2, -0.15) is 0 Å². The van der Waals surface area contributed by atoms with Crippen LogP contribution in [0.1, 0.15) is 28.4 Å². The number of carbonyl (C=O) groups excluding carboxylic acids is 1. The van der Waals surface area contributed by atoms with Crippen LogP contribution in [0.25, 0.3) is 11.1 Å². The molecular formula is C16H17ClFNOS. The lowest BCUT2D eigenvalue weighted by Gasteiger charge is -2.14. The highest BCUT2D eigenvalue weighted by Crippen LogP contribution is 2.32. The summed E-state index contributed by atoms with van der Waals surface area (Å²) in [5.41, 5.74) is 0.347. The average Bonchev–Trinajstić information content (AvgIpc) is 2.78. The van der Waals surface area contributed by atoms with Gasteiger partial charge in [-0.25, -0.2) is 4.39 Å². The zero-order valence-electron chi connectivity index (χ0n) is 12.2. The molecule has 1 aromatic heterocycles. The van der Waals surface area contributed by atoms with Gasteiger partial charge < -0.3 is 5.32 Å². The molecule has 0 saturated carbocycles. The number of benzene rings is 1. The second kappa shape index (κ2) is 6.16. The third kappa shape index (κ3) is 4.29. The Labute approximate surface area is 132 Å². The number of carbonyl (C=O) groups is 1. The lowest BCUT2D eigenvalue weighted by molar-refractivity contribution is 0.0925. The van der Waals surface area contributed by atoms with E-state index in [1.54, 1.807) is 12.1 Å². The van der Waals surface area contributed by atoms with E-state index in [9.17, 15) is 9.18 Å². The fraction of sp³-hybridized carbons (Fsp3) is 0.312. The minimum absolute atomic E-state index is 0.0111. The Morgan fingerprint density at radius 2 is 1.95 bits per heavy atom. The number of aryl methyl sites for hydroxylation is 1. The number of thiophene rings is 1. The van der Waals surface area contributed by atoms with Crippen LogP contribution in [-0.2, 0) is 0 Å². The molecule has 1 heterocycles. The summed E-state index contributed by atoms with van der Waals surface area (Å²) in [6.07, 6.45) is 0. The van der Waals surface area contributed by atoms with Crippen molar-refractivity contribution in [3.8, 4) is 11.1 Å². The first-order chi connectivity index (χ1) is 9.76. The van der Waals surface area contributed by atoms with Gasteiger partial charge in [-0.15, -0.1) is 11.3 Å². The Bertz CT molecular complexity index is 643. The van der Waals surface area contributed by atoms with Crippen molar-refractivity contribution in [3.63, 3.8) is 0 Å². The van der Waals surface area contributed by atoms with E-state index in [2.05, 4.69) is 5.32 Å². The molecule has 5 heteroatoms. The van der Waals surface area contributed by atoms with Crippen molar-refractivity contribution in [1.82, 2.24) is 5.32 Å². The van der Waals surface area contributed by atoms with Gasteiger partial charge in [0.1, 0.15) is 5.67 Å². The van der Waals surface area contributed by atoms with Gasteiger partial charge in [-0.1, -0.05) is 23.7 Å². The first kappa shape index (κ1) is 16.0. The van der Waals surface area contributed by atoms with E-state index in [0.717, 1.165) is 16.0 Å². The van der Waals surface area contributed by atoms with Crippen LogP contribution in [0.4, 0.5) is 4.39 Å². The molecule has 1 amide bonds. The second-order valence-corrected chi connectivity index (χ2v) is 7.20. The summed E-state index contributed by atoms with van der Waals surface area (Å²) in [5, 5.41) is 3.29. The molecule has 2 nitrogen and oxygen atoms in total. The van der Waals surface area contributed by atoms with Gasteiger partial charge in [0.15, 0.2) is 0 Å². The lowest BCUT2D eigenvalue weighted by Crippen LogP contribution is -2.35. The third-order valence-electron chi connectivity index (χ3n) is 2.89. The number of amides is 1. The topological polar surface area (TPSA) is 29.1 Å². The molecule has 2 rings (SSSR count). The minimum atomic E-state index is -1.43. The first-order valence-corrected chi connectivity index (χ1v) is 7.79. The summed E-state index contributed by atoms with van der Waals surface area (Å²) in [7, 11) is 0. The minimum Gasteiger partial charge on any atom is -0.348 e.